The Kier molecular flexibility index (Phi) is 32.0. The van der Waals surface area contributed by atoms with Gasteiger partial charge >= 0.3 is 24.7 Å². The van der Waals surface area contributed by atoms with Crippen molar-refractivity contribution in [3.63, 3.8) is 0 Å². The van der Waals surface area contributed by atoms with Crippen LogP contribution in [0.2, 0.25) is 40.2 Å². The van der Waals surface area contributed by atoms with Crippen LogP contribution < -0.4 is 0 Å². The lowest BCUT2D eigenvalue weighted by Crippen LogP contribution is -2.53. The summed E-state index contributed by atoms with van der Waals surface area (Å²) < 4.78 is 171. The van der Waals surface area contributed by atoms with Crippen molar-refractivity contribution in [2.45, 2.75) is 117 Å². The SMILES string of the molecule is COCC1CN(C(=O)c2ccc(Cl)c(Cc3nc4c(C)cc(C(F)(F)F)cc4n3C)c2Cl)C1.Cc1cc(C(F)(F)F)cc2c1nc(Cc1c(Cl)ccc(C(=O)N3CCN(C)CC3)c1Cl)n2C.Cc1cc(C(F)(F)F)cc2c1nc(Cc1c(Cl)ccc(C(=O)N3CCN(C4CCC4)CC3)c1Cl)n2C.Cc1cc(C(F)(F)F)cc2c1nc(Cc1c(Cl)ccc(C(=O)N3CCN(CC(C)C)CC3)c1Cl)n2C. The predicted octanol–water partition coefficient (Wildman–Crippen LogP) is 23.0. The van der Waals surface area contributed by atoms with Crippen LogP contribution >= 0.6 is 92.8 Å². The quantitative estimate of drug-likeness (QED) is 0.0791. The normalized spacial score (nSPS) is 15.8. The van der Waals surface area contributed by atoms with Crippen LogP contribution in [0.4, 0.5) is 52.7 Å². The van der Waals surface area contributed by atoms with E-state index in [0.717, 1.165) is 94.3 Å². The van der Waals surface area contributed by atoms with Crippen molar-refractivity contribution in [2.24, 2.45) is 40.0 Å². The molecule has 8 heterocycles. The molecule has 738 valence electrons. The number of rotatable bonds is 17. The van der Waals surface area contributed by atoms with Crippen molar-refractivity contribution >= 4 is 161 Å². The van der Waals surface area contributed by atoms with Crippen LogP contribution in [0.1, 0.15) is 165 Å². The number of piperazine rings is 3. The van der Waals surface area contributed by atoms with Crippen molar-refractivity contribution in [1.82, 2.24) is 72.5 Å². The number of likely N-dealkylation sites (N-methyl/N-ethyl adjacent to an activating group) is 1. The number of nitrogens with zero attached hydrogens (tertiary/aromatic N) is 15. The standard InChI is InChI=1S/C26H27Cl2F3N4O.C26H29Cl2F3N4O.C23H23Cl2F3N4O.C23H22Cl2F3N3O2/c1-15-12-16(26(29,30)31)13-21-24(15)32-22(33(21)2)14-19-20(27)7-6-18(23(19)28)25(36)35-10-8-34(9-11-35)17-4-3-5-17;1-15(2)14-34-7-9-35(10-8-34)25(36)18-5-6-20(27)19(23(18)28)13-22-32-24-16(3)11-17(26(29,30)31)12-21(24)33(22)4;1-13-10-14(23(26,27)28)11-18-21(13)29-19(31(18)3)12-16-17(24)5-4-15(20(16)25)22(33)32-8-6-30(2)7-9-32;1-12-6-14(23(26,27)28)7-18-21(12)29-19(30(18)2)8-16-17(24)5-4-15(20(16)25)22(32)31-9-13(10-31)11-33-3/h6-7,12-13,17H,3-5,8-11,14H2,1-2H3;5-6,11-12,15H,7-10,13-14H2,1-4H3;4-5,10-11H,6-9,12H2,1-3H3;4-7,13H,8-11H2,1-3H3. The van der Waals surface area contributed by atoms with Crippen LogP contribution in [0.25, 0.3) is 44.1 Å². The Morgan fingerprint density at radius 3 is 0.884 bits per heavy atom. The predicted molar refractivity (Wildman–Crippen MR) is 516 cm³/mol. The minimum Gasteiger partial charge on any atom is -0.384 e. The van der Waals surface area contributed by atoms with Crippen LogP contribution in [-0.2, 0) is 83.3 Å². The van der Waals surface area contributed by atoms with Crippen LogP contribution in [-0.4, -0.2) is 221 Å². The van der Waals surface area contributed by atoms with Crippen LogP contribution in [0, 0.1) is 39.5 Å². The average Bonchev–Trinajstić information content (AvgIpc) is 1.58. The maximum atomic E-state index is 13.3. The number of imidazole rings is 4. The second-order valence-electron chi connectivity index (χ2n) is 36.3. The number of fused-ring (bicyclic) bond motifs is 4. The number of aromatic nitrogens is 8. The van der Waals surface area contributed by atoms with Crippen LogP contribution in [0.5, 0.6) is 0 Å². The van der Waals surface area contributed by atoms with E-state index in [1.165, 1.54) is 19.3 Å². The zero-order valence-corrected chi connectivity index (χ0v) is 83.6. The number of aryl methyl sites for hydroxylation is 8. The number of amides is 4. The third kappa shape index (κ3) is 22.6. The van der Waals surface area contributed by atoms with E-state index in [0.29, 0.717) is 231 Å². The van der Waals surface area contributed by atoms with Gasteiger partial charge in [-0.25, -0.2) is 19.9 Å². The first kappa shape index (κ1) is 105. The summed E-state index contributed by atoms with van der Waals surface area (Å²) in [5.41, 5.74) is 5.74. The molecule has 0 spiro atoms. The van der Waals surface area contributed by atoms with Crippen molar-refractivity contribution in [1.29, 1.82) is 0 Å². The molecule has 4 amide bonds. The number of methoxy groups -OCH3 is 1. The first-order valence-electron chi connectivity index (χ1n) is 44.7. The summed E-state index contributed by atoms with van der Waals surface area (Å²) >= 11 is 52.5. The smallest absolute Gasteiger partial charge is 0.384 e. The van der Waals surface area contributed by atoms with Gasteiger partial charge in [0.2, 0.25) is 0 Å². The molecule has 8 aromatic carbocycles. The topological polar surface area (TPSA) is 171 Å². The van der Waals surface area contributed by atoms with Gasteiger partial charge in [-0.1, -0.05) is 113 Å². The first-order chi connectivity index (χ1) is 64.9. The largest absolute Gasteiger partial charge is 0.416 e. The zero-order chi connectivity index (χ0) is 100. The minimum absolute atomic E-state index is 0.137. The van der Waals surface area contributed by atoms with Gasteiger partial charge in [-0.05, 0) is 195 Å². The van der Waals surface area contributed by atoms with E-state index < -0.39 is 47.0 Å². The fraction of sp³-hybridized carbons (Fsp3) is 0.429. The van der Waals surface area contributed by atoms with E-state index in [9.17, 15) is 71.9 Å². The van der Waals surface area contributed by atoms with E-state index in [1.54, 1.807) is 144 Å². The summed E-state index contributed by atoms with van der Waals surface area (Å²) in [5.74, 6) is 2.21. The Morgan fingerprint density at radius 1 is 0.377 bits per heavy atom. The fourth-order valence-electron chi connectivity index (χ4n) is 18.1. The van der Waals surface area contributed by atoms with Gasteiger partial charge in [0.25, 0.3) is 23.6 Å². The highest BCUT2D eigenvalue weighted by Crippen LogP contribution is 2.44. The molecule has 138 heavy (non-hydrogen) atoms. The molecule has 0 bridgehead atoms. The number of likely N-dealkylation sites (tertiary alicyclic amines) is 1. The minimum atomic E-state index is -4.45. The molecule has 40 heteroatoms. The van der Waals surface area contributed by atoms with Gasteiger partial charge in [-0.2, -0.15) is 52.7 Å². The molecule has 17 rings (SSSR count). The number of halogens is 20. The van der Waals surface area contributed by atoms with Crippen LogP contribution in [0.3, 0.4) is 0 Å². The van der Waals surface area contributed by atoms with E-state index >= 15 is 0 Å². The monoisotopic (exact) mass is 2080 g/mol. The molecule has 5 aliphatic rings. The van der Waals surface area contributed by atoms with Gasteiger partial charge in [0.15, 0.2) is 0 Å². The molecular weight excluding hydrogens is 1980 g/mol. The zero-order valence-electron chi connectivity index (χ0n) is 77.5. The number of ether oxygens (including phenoxy) is 1. The Morgan fingerprint density at radius 2 is 0.638 bits per heavy atom. The molecule has 4 aromatic heterocycles. The summed E-state index contributed by atoms with van der Waals surface area (Å²) in [6.07, 6.45) is -13.4. The number of benzene rings is 8. The maximum Gasteiger partial charge on any atom is 0.416 e. The Bertz CT molecular complexity index is 6660. The lowest BCUT2D eigenvalue weighted by atomic mass is 9.91. The van der Waals surface area contributed by atoms with Crippen molar-refractivity contribution < 1.29 is 76.6 Å². The fourth-order valence-corrected chi connectivity index (χ4v) is 20.4. The van der Waals surface area contributed by atoms with E-state index in [4.69, 9.17) is 97.5 Å². The molecule has 12 aromatic rings. The average molecular weight is 2080 g/mol. The molecule has 0 N–H and O–H groups in total. The molecule has 0 atom stereocenters. The molecule has 20 nitrogen and oxygen atoms in total. The lowest BCUT2D eigenvalue weighted by molar-refractivity contribution is -0.138. The summed E-state index contributed by atoms with van der Waals surface area (Å²) in [7, 11) is 10.3. The third-order valence-electron chi connectivity index (χ3n) is 26.3. The third-order valence-corrected chi connectivity index (χ3v) is 29.4. The Labute approximate surface area is 829 Å². The van der Waals surface area contributed by atoms with Crippen LogP contribution in [0.15, 0.2) is 97.1 Å². The first-order valence-corrected chi connectivity index (χ1v) is 47.7. The highest BCUT2D eigenvalue weighted by Gasteiger charge is 2.40. The molecule has 1 aliphatic carbocycles. The molecule has 5 fully saturated rings. The van der Waals surface area contributed by atoms with Gasteiger partial charge in [0, 0.05) is 191 Å². The molecule has 4 saturated heterocycles. The summed E-state index contributed by atoms with van der Waals surface area (Å²) in [6.45, 7) is 22.1. The highest BCUT2D eigenvalue weighted by molar-refractivity contribution is 6.40. The second kappa shape index (κ2) is 42.2. The number of hydrogen-bond donors (Lipinski definition) is 0. The lowest BCUT2D eigenvalue weighted by Gasteiger charge is -2.43. The molecular formula is C98H101Cl8F12N15O5. The number of alkyl halides is 12. The van der Waals surface area contributed by atoms with Crippen molar-refractivity contribution in [2.75, 3.05) is 119 Å². The summed E-state index contributed by atoms with van der Waals surface area (Å²) in [6, 6.07) is 22.4. The molecule has 1 saturated carbocycles. The maximum absolute atomic E-state index is 13.3. The molecule has 0 radical (unpaired) electrons. The van der Waals surface area contributed by atoms with Crippen molar-refractivity contribution in [3.05, 3.63) is 250 Å². The van der Waals surface area contributed by atoms with E-state index in [1.807, 2.05) is 11.9 Å². The highest BCUT2D eigenvalue weighted by atomic mass is 35.5. The Hall–Kier alpha value is -9.16. The Balaban J connectivity index is 0.000000147. The van der Waals surface area contributed by atoms with Gasteiger partial charge in [-0.15, -0.1) is 0 Å². The van der Waals surface area contributed by atoms with Gasteiger partial charge in [-0.3, -0.25) is 29.0 Å². The number of hydrogen-bond acceptors (Lipinski definition) is 12. The number of carbonyl (C=O) groups excluding carboxylic acids is 4. The van der Waals surface area contributed by atoms with Crippen molar-refractivity contribution in [3.8, 4) is 0 Å². The van der Waals surface area contributed by atoms with E-state index in [2.05, 4.69) is 48.5 Å². The van der Waals surface area contributed by atoms with E-state index in [-0.39, 0.29) is 69.4 Å². The van der Waals surface area contributed by atoms with Gasteiger partial charge in [0.05, 0.1) is 115 Å². The second-order valence-corrected chi connectivity index (χ2v) is 39.4. The number of carbonyl (C=O) groups is 4. The summed E-state index contributed by atoms with van der Waals surface area (Å²) in [4.78, 5) is 85.0. The summed E-state index contributed by atoms with van der Waals surface area (Å²) in [5, 5.41) is 2.45. The molecule has 0 unspecified atom stereocenters. The van der Waals surface area contributed by atoms with Gasteiger partial charge in [0.1, 0.15) is 23.3 Å². The molecule has 4 aliphatic heterocycles. The van der Waals surface area contributed by atoms with Gasteiger partial charge < -0.3 is 47.5 Å².